The van der Waals surface area contributed by atoms with Crippen LogP contribution in [-0.4, -0.2) is 18.2 Å². The van der Waals surface area contributed by atoms with Crippen molar-refractivity contribution in [3.05, 3.63) is 11.3 Å². The molecule has 0 saturated heterocycles. The number of aliphatic hydroxyl groups excluding tert-OH is 1. The van der Waals surface area contributed by atoms with Crippen molar-refractivity contribution in [1.29, 1.82) is 10.5 Å². The minimum Gasteiger partial charge on any atom is -0.509 e. The van der Waals surface area contributed by atoms with E-state index in [0.29, 0.717) is 0 Å². The molecule has 1 N–H and O–H groups in total. The second kappa shape index (κ2) is 4.29. The Balaban J connectivity index is 5.40. The third-order valence-electron chi connectivity index (χ3n) is 1.61. The number of aliphatic hydroxyl groups is 1. The molecule has 0 amide bonds. The summed E-state index contributed by atoms with van der Waals surface area (Å²) in [6, 6.07) is 3.26. The van der Waals surface area contributed by atoms with Gasteiger partial charge in [0, 0.05) is 0 Å². The molecule has 74 valence electrons. The largest absolute Gasteiger partial charge is 0.509 e. The molecule has 0 heterocycles. The number of rotatable bonds is 2. The van der Waals surface area contributed by atoms with E-state index in [1.165, 1.54) is 19.9 Å². The van der Waals surface area contributed by atoms with E-state index in [1.807, 2.05) is 0 Å². The number of hydrogen-bond acceptors (Lipinski definition) is 5. The van der Waals surface area contributed by atoms with Crippen molar-refractivity contribution in [2.24, 2.45) is 5.41 Å². The van der Waals surface area contributed by atoms with Gasteiger partial charge in [0.25, 0.3) is 0 Å². The number of hydrogen-bond donors (Lipinski definition) is 1. The standard InChI is InChI=1S/C9H10N2O3/c1-9(2,5-11)7(12)6(4-10)8(13)14-3/h12H,1-3H3/b7-6-. The van der Waals surface area contributed by atoms with Crippen LogP contribution in [0.2, 0.25) is 0 Å². The van der Waals surface area contributed by atoms with Crippen molar-refractivity contribution in [2.75, 3.05) is 7.11 Å². The molecule has 0 aromatic carbocycles. The summed E-state index contributed by atoms with van der Waals surface area (Å²) in [4.78, 5) is 11.0. The number of methoxy groups -OCH3 is 1. The van der Waals surface area contributed by atoms with Crippen molar-refractivity contribution in [3.8, 4) is 12.1 Å². The van der Waals surface area contributed by atoms with Gasteiger partial charge in [-0.05, 0) is 13.8 Å². The van der Waals surface area contributed by atoms with Crippen molar-refractivity contribution < 1.29 is 14.6 Å². The van der Waals surface area contributed by atoms with E-state index in [1.54, 1.807) is 6.07 Å². The number of nitriles is 2. The maximum absolute atomic E-state index is 11.0. The van der Waals surface area contributed by atoms with Gasteiger partial charge in [-0.15, -0.1) is 0 Å². The fourth-order valence-corrected chi connectivity index (χ4v) is 0.663. The van der Waals surface area contributed by atoms with Gasteiger partial charge in [-0.25, -0.2) is 4.79 Å². The van der Waals surface area contributed by atoms with Gasteiger partial charge < -0.3 is 9.84 Å². The Labute approximate surface area is 81.8 Å². The molecule has 0 radical (unpaired) electrons. The minimum atomic E-state index is -1.28. The van der Waals surface area contributed by atoms with Crippen molar-refractivity contribution >= 4 is 5.97 Å². The lowest BCUT2D eigenvalue weighted by atomic mass is 9.90. The predicted molar refractivity (Wildman–Crippen MR) is 46.7 cm³/mol. The highest BCUT2D eigenvalue weighted by molar-refractivity contribution is 5.93. The molecule has 0 aliphatic carbocycles. The first-order valence-electron chi connectivity index (χ1n) is 3.74. The maximum atomic E-state index is 11.0. The summed E-state index contributed by atoms with van der Waals surface area (Å²) in [5.41, 5.74) is -1.82. The molecule has 0 fully saturated rings. The monoisotopic (exact) mass is 194 g/mol. The van der Waals surface area contributed by atoms with Crippen molar-refractivity contribution in [1.82, 2.24) is 0 Å². The summed E-state index contributed by atoms with van der Waals surface area (Å²) in [6.07, 6.45) is 0. The molecule has 0 saturated carbocycles. The summed E-state index contributed by atoms with van der Waals surface area (Å²) >= 11 is 0. The number of esters is 1. The number of allylic oxidation sites excluding steroid dienone is 1. The van der Waals surface area contributed by atoms with Crippen LogP contribution < -0.4 is 0 Å². The van der Waals surface area contributed by atoms with Gasteiger partial charge in [0.05, 0.1) is 13.2 Å². The van der Waals surface area contributed by atoms with Crippen LogP contribution in [-0.2, 0) is 9.53 Å². The van der Waals surface area contributed by atoms with Gasteiger partial charge in [-0.1, -0.05) is 0 Å². The molecule has 5 heteroatoms. The van der Waals surface area contributed by atoms with E-state index in [9.17, 15) is 9.90 Å². The number of carbonyl (C=O) groups is 1. The maximum Gasteiger partial charge on any atom is 0.352 e. The Morgan fingerprint density at radius 3 is 2.21 bits per heavy atom. The Kier molecular flexibility index (Phi) is 3.67. The molecule has 0 rings (SSSR count). The summed E-state index contributed by atoms with van der Waals surface area (Å²) in [6.45, 7) is 2.78. The van der Waals surface area contributed by atoms with E-state index in [2.05, 4.69) is 4.74 Å². The summed E-state index contributed by atoms with van der Waals surface area (Å²) < 4.78 is 4.28. The highest BCUT2D eigenvalue weighted by atomic mass is 16.5. The third kappa shape index (κ3) is 2.24. The SMILES string of the molecule is COC(=O)/C(C#N)=C(\O)C(C)(C)C#N. The normalized spacial score (nSPS) is 12.1. The summed E-state index contributed by atoms with van der Waals surface area (Å²) in [5, 5.41) is 26.7. The second-order valence-corrected chi connectivity index (χ2v) is 3.06. The van der Waals surface area contributed by atoms with Crippen molar-refractivity contribution in [2.45, 2.75) is 13.8 Å². The van der Waals surface area contributed by atoms with Gasteiger partial charge >= 0.3 is 5.97 Å². The minimum absolute atomic E-state index is 0.543. The molecule has 5 nitrogen and oxygen atoms in total. The van der Waals surface area contributed by atoms with Gasteiger partial charge in [-0.3, -0.25) is 0 Å². The first-order valence-corrected chi connectivity index (χ1v) is 3.74. The topological polar surface area (TPSA) is 94.1 Å². The molecule has 0 unspecified atom stereocenters. The second-order valence-electron chi connectivity index (χ2n) is 3.06. The molecule has 0 aliphatic heterocycles. The quantitative estimate of drug-likeness (QED) is 0.307. The van der Waals surface area contributed by atoms with E-state index in [-0.39, 0.29) is 0 Å². The number of carbonyl (C=O) groups excluding carboxylic acids is 1. The molecule has 14 heavy (non-hydrogen) atoms. The van der Waals surface area contributed by atoms with Crippen LogP contribution in [0.15, 0.2) is 11.3 Å². The zero-order valence-corrected chi connectivity index (χ0v) is 8.16. The fraction of sp³-hybridized carbons (Fsp3) is 0.444. The van der Waals surface area contributed by atoms with Gasteiger partial charge in [0.15, 0.2) is 5.57 Å². The summed E-state index contributed by atoms with van der Waals surface area (Å²) in [5.74, 6) is -1.53. The van der Waals surface area contributed by atoms with E-state index in [0.717, 1.165) is 7.11 Å². The molecule has 0 aromatic heterocycles. The number of nitrogens with zero attached hydrogens (tertiary/aromatic N) is 2. The average molecular weight is 194 g/mol. The van der Waals surface area contributed by atoms with Crippen LogP contribution in [0, 0.1) is 28.1 Å². The number of ether oxygens (including phenoxy) is 1. The Morgan fingerprint density at radius 1 is 1.43 bits per heavy atom. The molecule has 0 aliphatic rings. The van der Waals surface area contributed by atoms with Gasteiger partial charge in [0.2, 0.25) is 0 Å². The lowest BCUT2D eigenvalue weighted by Gasteiger charge is -2.14. The van der Waals surface area contributed by atoms with E-state index >= 15 is 0 Å². The van der Waals surface area contributed by atoms with Crippen LogP contribution in [0.5, 0.6) is 0 Å². The third-order valence-corrected chi connectivity index (χ3v) is 1.61. The summed E-state index contributed by atoms with van der Waals surface area (Å²) in [7, 11) is 1.09. The zero-order valence-electron chi connectivity index (χ0n) is 8.16. The molecular weight excluding hydrogens is 184 g/mol. The average Bonchev–Trinajstić information content (AvgIpc) is 2.18. The predicted octanol–water partition coefficient (Wildman–Crippen LogP) is 1.04. The molecule has 0 atom stereocenters. The highest BCUT2D eigenvalue weighted by Crippen LogP contribution is 2.25. The van der Waals surface area contributed by atoms with E-state index in [4.69, 9.17) is 10.5 Å². The van der Waals surface area contributed by atoms with Crippen LogP contribution in [0.25, 0.3) is 0 Å². The Bertz CT molecular complexity index is 355. The smallest absolute Gasteiger partial charge is 0.352 e. The Morgan fingerprint density at radius 2 is 1.93 bits per heavy atom. The van der Waals surface area contributed by atoms with Crippen LogP contribution >= 0.6 is 0 Å². The fourth-order valence-electron chi connectivity index (χ4n) is 0.663. The lowest BCUT2D eigenvalue weighted by Crippen LogP contribution is -2.17. The zero-order chi connectivity index (χ0) is 11.4. The Hall–Kier alpha value is -2.01. The lowest BCUT2D eigenvalue weighted by molar-refractivity contribution is -0.135. The molecule has 0 aromatic rings. The van der Waals surface area contributed by atoms with Crippen LogP contribution in [0.3, 0.4) is 0 Å². The van der Waals surface area contributed by atoms with Gasteiger partial charge in [0.1, 0.15) is 17.2 Å². The van der Waals surface area contributed by atoms with Crippen LogP contribution in [0.4, 0.5) is 0 Å². The van der Waals surface area contributed by atoms with Crippen LogP contribution in [0.1, 0.15) is 13.8 Å². The first-order chi connectivity index (χ1) is 6.40. The first kappa shape index (κ1) is 12.0. The molecule has 0 spiro atoms. The molecule has 0 bridgehead atoms. The van der Waals surface area contributed by atoms with Gasteiger partial charge in [-0.2, -0.15) is 10.5 Å². The van der Waals surface area contributed by atoms with Crippen molar-refractivity contribution in [3.63, 3.8) is 0 Å². The van der Waals surface area contributed by atoms with E-state index < -0.39 is 22.7 Å². The highest BCUT2D eigenvalue weighted by Gasteiger charge is 2.29. The molecular formula is C9H10N2O3.